The molecule has 0 spiro atoms. The highest BCUT2D eigenvalue weighted by Crippen LogP contribution is 2.17. The third kappa shape index (κ3) is 4.32. The van der Waals surface area contributed by atoms with Crippen molar-refractivity contribution in [3.8, 4) is 5.75 Å². The quantitative estimate of drug-likeness (QED) is 0.772. The van der Waals surface area contributed by atoms with Crippen molar-refractivity contribution in [2.75, 3.05) is 33.3 Å². The van der Waals surface area contributed by atoms with Crippen molar-refractivity contribution in [3.63, 3.8) is 0 Å². The van der Waals surface area contributed by atoms with Crippen molar-refractivity contribution in [1.29, 1.82) is 0 Å². The van der Waals surface area contributed by atoms with E-state index in [1.807, 2.05) is 49.1 Å². The van der Waals surface area contributed by atoms with Crippen LogP contribution in [0.25, 0.3) is 6.08 Å². The van der Waals surface area contributed by atoms with Crippen LogP contribution in [-0.4, -0.2) is 54.2 Å². The monoisotopic (exact) mass is 355 g/mol. The van der Waals surface area contributed by atoms with Gasteiger partial charge in [-0.3, -0.25) is 9.69 Å². The Morgan fingerprint density at radius 3 is 2.69 bits per heavy atom. The Balaban J connectivity index is 1.52. The fourth-order valence-electron chi connectivity index (χ4n) is 3.10. The average molecular weight is 355 g/mol. The first-order valence-electron chi connectivity index (χ1n) is 8.82. The maximum atomic E-state index is 12.4. The molecule has 0 radical (unpaired) electrons. The molecule has 1 saturated heterocycles. The second-order valence-electron chi connectivity index (χ2n) is 6.51. The number of carbonyl (C=O) groups excluding carboxylic acids is 1. The average Bonchev–Trinajstić information content (AvgIpc) is 2.99. The number of hydrogen-bond donors (Lipinski definition) is 0. The molecule has 6 heteroatoms. The van der Waals surface area contributed by atoms with Crippen molar-refractivity contribution in [3.05, 3.63) is 52.9 Å². The van der Waals surface area contributed by atoms with Crippen molar-refractivity contribution >= 4 is 12.0 Å². The number of piperazine rings is 1. The third-order valence-electron chi connectivity index (χ3n) is 4.76. The van der Waals surface area contributed by atoms with Crippen molar-refractivity contribution in [2.45, 2.75) is 20.4 Å². The molecule has 26 heavy (non-hydrogen) atoms. The number of methoxy groups -OCH3 is 1. The smallest absolute Gasteiger partial charge is 0.246 e. The normalized spacial score (nSPS) is 15.6. The van der Waals surface area contributed by atoms with Gasteiger partial charge in [0.25, 0.3) is 0 Å². The summed E-state index contributed by atoms with van der Waals surface area (Å²) < 4.78 is 10.4. The summed E-state index contributed by atoms with van der Waals surface area (Å²) in [4.78, 5) is 16.6. The van der Waals surface area contributed by atoms with Crippen LogP contribution in [0.15, 0.2) is 34.9 Å². The molecule has 1 fully saturated rings. The molecule has 0 aliphatic carbocycles. The van der Waals surface area contributed by atoms with Gasteiger partial charge in [-0.25, -0.2) is 0 Å². The van der Waals surface area contributed by atoms with E-state index in [1.54, 1.807) is 13.2 Å². The molecule has 1 aliphatic rings. The summed E-state index contributed by atoms with van der Waals surface area (Å²) in [6.45, 7) is 7.89. The minimum Gasteiger partial charge on any atom is -0.497 e. The van der Waals surface area contributed by atoms with E-state index >= 15 is 0 Å². The predicted octanol–water partition coefficient (Wildman–Crippen LogP) is 2.66. The fraction of sp³-hybridized carbons (Fsp3) is 0.400. The molecule has 1 aromatic heterocycles. The number of ether oxygens (including phenoxy) is 1. The van der Waals surface area contributed by atoms with Gasteiger partial charge in [0.2, 0.25) is 5.91 Å². The largest absolute Gasteiger partial charge is 0.497 e. The van der Waals surface area contributed by atoms with E-state index in [1.165, 1.54) is 0 Å². The predicted molar refractivity (Wildman–Crippen MR) is 99.9 cm³/mol. The van der Waals surface area contributed by atoms with E-state index in [0.717, 1.165) is 61.1 Å². The first-order valence-corrected chi connectivity index (χ1v) is 8.82. The molecule has 3 rings (SSSR count). The Bertz CT molecular complexity index is 770. The van der Waals surface area contributed by atoms with Crippen LogP contribution in [0.4, 0.5) is 0 Å². The van der Waals surface area contributed by atoms with E-state index < -0.39 is 0 Å². The summed E-state index contributed by atoms with van der Waals surface area (Å²) in [5.74, 6) is 1.71. The van der Waals surface area contributed by atoms with Crippen molar-refractivity contribution < 1.29 is 14.1 Å². The molecule has 2 aromatic rings. The first kappa shape index (κ1) is 18.2. The van der Waals surface area contributed by atoms with E-state index in [0.29, 0.717) is 0 Å². The van der Waals surface area contributed by atoms with Crippen LogP contribution >= 0.6 is 0 Å². The number of carbonyl (C=O) groups is 1. The molecule has 6 nitrogen and oxygen atoms in total. The van der Waals surface area contributed by atoms with Gasteiger partial charge in [0.1, 0.15) is 11.5 Å². The molecule has 0 unspecified atom stereocenters. The van der Waals surface area contributed by atoms with Gasteiger partial charge in [-0.15, -0.1) is 0 Å². The van der Waals surface area contributed by atoms with Crippen LogP contribution in [-0.2, 0) is 11.3 Å². The first-order chi connectivity index (χ1) is 12.6. The fourth-order valence-corrected chi connectivity index (χ4v) is 3.10. The number of amides is 1. The molecule has 138 valence electrons. The minimum absolute atomic E-state index is 0.0461. The summed E-state index contributed by atoms with van der Waals surface area (Å²) in [6.07, 6.45) is 3.47. The van der Waals surface area contributed by atoms with E-state index in [9.17, 15) is 4.79 Å². The van der Waals surface area contributed by atoms with Crippen LogP contribution in [0, 0.1) is 13.8 Å². The summed E-state index contributed by atoms with van der Waals surface area (Å²) in [7, 11) is 1.63. The number of hydrogen-bond acceptors (Lipinski definition) is 5. The van der Waals surface area contributed by atoms with Crippen LogP contribution in [0.5, 0.6) is 5.75 Å². The molecule has 0 bridgehead atoms. The van der Waals surface area contributed by atoms with Crippen LogP contribution in [0.2, 0.25) is 0 Å². The molecule has 2 heterocycles. The van der Waals surface area contributed by atoms with Crippen LogP contribution < -0.4 is 4.74 Å². The van der Waals surface area contributed by atoms with Crippen LogP contribution in [0.1, 0.15) is 22.6 Å². The molecule has 0 saturated carbocycles. The maximum absolute atomic E-state index is 12.4. The lowest BCUT2D eigenvalue weighted by Gasteiger charge is -2.34. The van der Waals surface area contributed by atoms with E-state index in [4.69, 9.17) is 9.26 Å². The molecule has 1 amide bonds. The number of nitrogens with zero attached hydrogens (tertiary/aromatic N) is 3. The molecule has 0 N–H and O–H groups in total. The lowest BCUT2D eigenvalue weighted by Crippen LogP contribution is -2.47. The SMILES string of the molecule is COc1cccc(/C=C\C(=O)N2CCN(Cc3c(C)noc3C)CC2)c1. The van der Waals surface area contributed by atoms with Crippen LogP contribution in [0.3, 0.4) is 0 Å². The van der Waals surface area contributed by atoms with Gasteiger partial charge < -0.3 is 14.2 Å². The van der Waals surface area contributed by atoms with Gasteiger partial charge in [-0.2, -0.15) is 0 Å². The summed E-state index contributed by atoms with van der Waals surface area (Å²) in [6, 6.07) is 7.66. The number of rotatable bonds is 5. The zero-order chi connectivity index (χ0) is 18.5. The highest BCUT2D eigenvalue weighted by molar-refractivity contribution is 5.91. The lowest BCUT2D eigenvalue weighted by atomic mass is 10.1. The highest BCUT2D eigenvalue weighted by atomic mass is 16.5. The highest BCUT2D eigenvalue weighted by Gasteiger charge is 2.21. The number of benzene rings is 1. The minimum atomic E-state index is 0.0461. The number of aromatic nitrogens is 1. The Morgan fingerprint density at radius 1 is 1.27 bits per heavy atom. The van der Waals surface area contributed by atoms with Gasteiger partial charge in [-0.1, -0.05) is 17.3 Å². The maximum Gasteiger partial charge on any atom is 0.246 e. The van der Waals surface area contributed by atoms with Gasteiger partial charge >= 0.3 is 0 Å². The molecular formula is C20H25N3O3. The molecule has 1 aromatic carbocycles. The topological polar surface area (TPSA) is 58.8 Å². The van der Waals surface area contributed by atoms with Gasteiger partial charge in [0.05, 0.1) is 12.8 Å². The second-order valence-corrected chi connectivity index (χ2v) is 6.51. The summed E-state index contributed by atoms with van der Waals surface area (Å²) >= 11 is 0. The second kappa shape index (κ2) is 8.19. The van der Waals surface area contributed by atoms with E-state index in [2.05, 4.69) is 10.1 Å². The Hall–Kier alpha value is -2.60. The van der Waals surface area contributed by atoms with Crippen molar-refractivity contribution in [1.82, 2.24) is 15.0 Å². The zero-order valence-electron chi connectivity index (χ0n) is 15.6. The number of aryl methyl sites for hydroxylation is 2. The Labute approximate surface area is 154 Å². The Kier molecular flexibility index (Phi) is 5.73. The van der Waals surface area contributed by atoms with Gasteiger partial charge in [0, 0.05) is 44.4 Å². The van der Waals surface area contributed by atoms with Crippen molar-refractivity contribution in [2.24, 2.45) is 0 Å². The van der Waals surface area contributed by atoms with Gasteiger partial charge in [-0.05, 0) is 37.6 Å². The molecular weight excluding hydrogens is 330 g/mol. The van der Waals surface area contributed by atoms with E-state index in [-0.39, 0.29) is 5.91 Å². The lowest BCUT2D eigenvalue weighted by molar-refractivity contribution is -0.127. The summed E-state index contributed by atoms with van der Waals surface area (Å²) in [5.41, 5.74) is 3.06. The molecule has 0 atom stereocenters. The standard InChI is InChI=1S/C20H25N3O3/c1-15-19(16(2)26-21-15)14-22-9-11-23(12-10-22)20(24)8-7-17-5-4-6-18(13-17)25-3/h4-8,13H,9-12,14H2,1-3H3/b8-7-. The third-order valence-corrected chi connectivity index (χ3v) is 4.76. The zero-order valence-corrected chi connectivity index (χ0v) is 15.6. The summed E-state index contributed by atoms with van der Waals surface area (Å²) in [5, 5.41) is 4.01. The van der Waals surface area contributed by atoms with Gasteiger partial charge in [0.15, 0.2) is 0 Å². The Morgan fingerprint density at radius 2 is 2.04 bits per heavy atom. The molecule has 1 aliphatic heterocycles.